The quantitative estimate of drug-likeness (QED) is 0.541. The molecule has 2 aromatic carbocycles. The summed E-state index contributed by atoms with van der Waals surface area (Å²) in [4.78, 5) is 37.8. The number of carbonyl (C=O) groups is 3. The maximum Gasteiger partial charge on any atom is 0.414 e. The van der Waals surface area contributed by atoms with Gasteiger partial charge in [0, 0.05) is 22.2 Å². The number of amides is 1. The van der Waals surface area contributed by atoms with Crippen molar-refractivity contribution in [3.8, 4) is 0 Å². The van der Waals surface area contributed by atoms with Crippen LogP contribution < -0.4 is 10.2 Å². The number of halogens is 1. The molecule has 0 spiro atoms. The van der Waals surface area contributed by atoms with Crippen LogP contribution in [0.1, 0.15) is 25.0 Å². The largest absolute Gasteiger partial charge is 0.473 e. The van der Waals surface area contributed by atoms with Gasteiger partial charge in [0.25, 0.3) is 0 Å². The molecule has 0 bridgehead atoms. The van der Waals surface area contributed by atoms with E-state index in [0.29, 0.717) is 5.02 Å². The lowest BCUT2D eigenvalue weighted by Crippen LogP contribution is -2.36. The van der Waals surface area contributed by atoms with Crippen molar-refractivity contribution in [2.45, 2.75) is 33.2 Å². The number of nitrogens with one attached hydrogen (secondary N) is 1. The van der Waals surface area contributed by atoms with E-state index in [1.807, 2.05) is 55.1 Å². The number of benzene rings is 2. The molecule has 33 heavy (non-hydrogen) atoms. The molecule has 0 saturated heterocycles. The molecule has 2 aromatic rings. The minimum Gasteiger partial charge on any atom is -0.473 e. The molecule has 176 valence electrons. The van der Waals surface area contributed by atoms with E-state index in [0.717, 1.165) is 27.9 Å². The average Bonchev–Trinajstić information content (AvgIpc) is 3.09. The van der Waals surface area contributed by atoms with E-state index in [-0.39, 0.29) is 18.0 Å². The summed E-state index contributed by atoms with van der Waals surface area (Å²) in [7, 11) is 0. The van der Waals surface area contributed by atoms with Crippen molar-refractivity contribution in [2.24, 2.45) is 4.99 Å². The summed E-state index contributed by atoms with van der Waals surface area (Å²) >= 11 is 7.75. The first-order chi connectivity index (χ1) is 15.4. The SMILES string of the molecule is Cc1ccc(N(CC(=O)Nc2cc(Cl)ccc2C)C2=NC(C)(C)CS2)cc1.O=C(O)C(=O)O. The molecule has 0 aromatic heterocycles. The highest BCUT2D eigenvalue weighted by Gasteiger charge is 2.30. The van der Waals surface area contributed by atoms with E-state index in [9.17, 15) is 4.79 Å². The Labute approximate surface area is 201 Å². The summed E-state index contributed by atoms with van der Waals surface area (Å²) < 4.78 is 0. The van der Waals surface area contributed by atoms with E-state index in [1.54, 1.807) is 17.8 Å². The highest BCUT2D eigenvalue weighted by Crippen LogP contribution is 2.31. The summed E-state index contributed by atoms with van der Waals surface area (Å²) in [5.41, 5.74) is 3.73. The zero-order chi connectivity index (χ0) is 24.8. The number of aryl methyl sites for hydroxylation is 2. The molecular weight excluding hydrogens is 466 g/mol. The van der Waals surface area contributed by atoms with E-state index in [4.69, 9.17) is 36.4 Å². The lowest BCUT2D eigenvalue weighted by molar-refractivity contribution is -0.159. The summed E-state index contributed by atoms with van der Waals surface area (Å²) in [5, 5.41) is 19.2. The molecule has 1 heterocycles. The standard InChI is InChI=1S/C21H24ClN3OS.C2H2O4/c1-14-5-9-17(10-6-14)25(20-24-21(3,4)13-27-20)12-19(26)23-18-11-16(22)8-7-15(18)2;3-1(4)2(5)6/h5-11H,12-13H2,1-4H3,(H,23,26);(H,3,4)(H,5,6). The maximum absolute atomic E-state index is 12.8. The van der Waals surface area contributed by atoms with Crippen LogP contribution >= 0.6 is 23.4 Å². The Morgan fingerprint density at radius 2 is 1.70 bits per heavy atom. The zero-order valence-electron chi connectivity index (χ0n) is 18.8. The number of carbonyl (C=O) groups excluding carboxylic acids is 1. The van der Waals surface area contributed by atoms with Crippen LogP contribution in [-0.4, -0.2) is 51.1 Å². The van der Waals surface area contributed by atoms with Crippen LogP contribution in [-0.2, 0) is 14.4 Å². The number of hydrogen-bond donors (Lipinski definition) is 3. The molecule has 3 rings (SSSR count). The predicted octanol–water partition coefficient (Wildman–Crippen LogP) is 4.44. The highest BCUT2D eigenvalue weighted by molar-refractivity contribution is 8.14. The topological polar surface area (TPSA) is 119 Å². The van der Waals surface area contributed by atoms with Gasteiger partial charge in [-0.2, -0.15) is 0 Å². The minimum atomic E-state index is -1.82. The number of aliphatic carboxylic acids is 2. The van der Waals surface area contributed by atoms with Gasteiger partial charge in [-0.1, -0.05) is 47.1 Å². The smallest absolute Gasteiger partial charge is 0.414 e. The molecule has 0 unspecified atom stereocenters. The zero-order valence-corrected chi connectivity index (χ0v) is 20.3. The van der Waals surface area contributed by atoms with E-state index in [2.05, 4.69) is 19.2 Å². The van der Waals surface area contributed by atoms with Gasteiger partial charge in [0.1, 0.15) is 6.54 Å². The van der Waals surface area contributed by atoms with E-state index in [1.165, 1.54) is 5.56 Å². The number of carboxylic acid groups (broad SMARTS) is 2. The fourth-order valence-corrected chi connectivity index (χ4v) is 4.12. The number of carboxylic acids is 2. The first-order valence-electron chi connectivity index (χ1n) is 9.97. The van der Waals surface area contributed by atoms with E-state index >= 15 is 0 Å². The molecule has 8 nitrogen and oxygen atoms in total. The molecule has 1 aliphatic heterocycles. The molecule has 0 saturated carbocycles. The first kappa shape index (κ1) is 26.2. The number of anilines is 2. The third kappa shape index (κ3) is 8.11. The molecule has 1 amide bonds. The summed E-state index contributed by atoms with van der Waals surface area (Å²) in [6, 6.07) is 13.6. The molecule has 0 atom stereocenters. The van der Waals surface area contributed by atoms with Crippen LogP contribution in [0, 0.1) is 13.8 Å². The van der Waals surface area contributed by atoms with Gasteiger partial charge in [-0.05, 0) is 57.5 Å². The van der Waals surface area contributed by atoms with Gasteiger partial charge in [0.15, 0.2) is 5.17 Å². The Balaban J connectivity index is 0.000000569. The minimum absolute atomic E-state index is 0.103. The Bertz CT molecular complexity index is 1060. The predicted molar refractivity (Wildman–Crippen MR) is 133 cm³/mol. The number of amidine groups is 1. The van der Waals surface area contributed by atoms with Crippen molar-refractivity contribution in [1.82, 2.24) is 0 Å². The van der Waals surface area contributed by atoms with Crippen LogP contribution in [0.15, 0.2) is 47.5 Å². The number of rotatable bonds is 4. The third-order valence-electron chi connectivity index (χ3n) is 4.49. The van der Waals surface area contributed by atoms with Gasteiger partial charge in [0.2, 0.25) is 5.91 Å². The van der Waals surface area contributed by atoms with Gasteiger partial charge in [0.05, 0.1) is 5.54 Å². The Kier molecular flexibility index (Phi) is 8.90. The van der Waals surface area contributed by atoms with Crippen molar-refractivity contribution in [2.75, 3.05) is 22.5 Å². The molecule has 0 radical (unpaired) electrons. The lowest BCUT2D eigenvalue weighted by atomic mass is 10.1. The maximum atomic E-state index is 12.8. The Morgan fingerprint density at radius 3 is 2.21 bits per heavy atom. The van der Waals surface area contributed by atoms with Crippen molar-refractivity contribution in [3.05, 3.63) is 58.6 Å². The van der Waals surface area contributed by atoms with Crippen molar-refractivity contribution in [3.63, 3.8) is 0 Å². The van der Waals surface area contributed by atoms with Crippen molar-refractivity contribution in [1.29, 1.82) is 0 Å². The Morgan fingerprint density at radius 1 is 1.09 bits per heavy atom. The Hall–Kier alpha value is -3.04. The number of aliphatic imine (C=N–C) groups is 1. The van der Waals surface area contributed by atoms with Gasteiger partial charge < -0.3 is 20.4 Å². The molecule has 0 fully saturated rings. The molecule has 10 heteroatoms. The van der Waals surface area contributed by atoms with E-state index < -0.39 is 11.9 Å². The molecular formula is C23H26ClN3O5S. The second-order valence-electron chi connectivity index (χ2n) is 8.03. The lowest BCUT2D eigenvalue weighted by Gasteiger charge is -2.24. The number of hydrogen-bond acceptors (Lipinski definition) is 6. The van der Waals surface area contributed by atoms with Gasteiger partial charge in [-0.15, -0.1) is 0 Å². The number of thioether (sulfide) groups is 1. The van der Waals surface area contributed by atoms with Crippen LogP contribution in [0.3, 0.4) is 0 Å². The fraction of sp³-hybridized carbons (Fsp3) is 0.304. The number of nitrogens with zero attached hydrogens (tertiary/aromatic N) is 2. The fourth-order valence-electron chi connectivity index (χ4n) is 2.76. The molecule has 0 aliphatic carbocycles. The van der Waals surface area contributed by atoms with Crippen LogP contribution in [0.4, 0.5) is 11.4 Å². The van der Waals surface area contributed by atoms with Crippen molar-refractivity contribution < 1.29 is 24.6 Å². The molecule has 1 aliphatic rings. The normalized spacial score (nSPS) is 13.9. The second kappa shape index (κ2) is 11.2. The highest BCUT2D eigenvalue weighted by atomic mass is 35.5. The average molecular weight is 492 g/mol. The second-order valence-corrected chi connectivity index (χ2v) is 9.41. The first-order valence-corrected chi connectivity index (χ1v) is 11.3. The summed E-state index contributed by atoms with van der Waals surface area (Å²) in [6.07, 6.45) is 0. The van der Waals surface area contributed by atoms with Gasteiger partial charge in [-0.25, -0.2) is 9.59 Å². The summed E-state index contributed by atoms with van der Waals surface area (Å²) in [5.74, 6) is -2.85. The van der Waals surface area contributed by atoms with Crippen LogP contribution in [0.2, 0.25) is 5.02 Å². The monoisotopic (exact) mass is 491 g/mol. The van der Waals surface area contributed by atoms with Crippen LogP contribution in [0.25, 0.3) is 0 Å². The molecule has 3 N–H and O–H groups in total. The summed E-state index contributed by atoms with van der Waals surface area (Å²) in [6.45, 7) is 8.40. The van der Waals surface area contributed by atoms with Gasteiger partial charge >= 0.3 is 11.9 Å². The van der Waals surface area contributed by atoms with Crippen molar-refractivity contribution >= 4 is 57.8 Å². The van der Waals surface area contributed by atoms with Crippen LogP contribution in [0.5, 0.6) is 0 Å². The third-order valence-corrected chi connectivity index (χ3v) is 6.14. The van der Waals surface area contributed by atoms with Gasteiger partial charge in [-0.3, -0.25) is 9.79 Å².